The summed E-state index contributed by atoms with van der Waals surface area (Å²) in [5, 5.41) is 7.26. The molecule has 0 aliphatic rings. The van der Waals surface area contributed by atoms with Crippen LogP contribution in [0.4, 0.5) is 5.82 Å². The molecule has 2 rings (SSSR count). The highest BCUT2D eigenvalue weighted by molar-refractivity contribution is 14.0. The molecule has 0 radical (unpaired) electrons. The zero-order valence-corrected chi connectivity index (χ0v) is 17.2. The average molecular weight is 460 g/mol. The first-order valence-corrected chi connectivity index (χ1v) is 7.78. The Balaban J connectivity index is 0.00000288. The van der Waals surface area contributed by atoms with Gasteiger partial charge in [0.15, 0.2) is 5.96 Å². The van der Waals surface area contributed by atoms with Crippen LogP contribution in [0.25, 0.3) is 0 Å². The van der Waals surface area contributed by atoms with Crippen molar-refractivity contribution in [1.29, 1.82) is 0 Å². The maximum absolute atomic E-state index is 5.99. The maximum Gasteiger partial charge on any atom is 0.191 e. The third-order valence-corrected chi connectivity index (χ3v) is 3.49. The molecular weight excluding hydrogens is 437 g/mol. The zero-order chi connectivity index (χ0) is 16.7. The van der Waals surface area contributed by atoms with Gasteiger partial charge in [-0.15, -0.1) is 24.0 Å². The van der Waals surface area contributed by atoms with Crippen LogP contribution in [0.2, 0.25) is 5.02 Å². The van der Waals surface area contributed by atoms with Crippen molar-refractivity contribution in [3.05, 3.63) is 58.7 Å². The van der Waals surface area contributed by atoms with Crippen molar-refractivity contribution in [2.24, 2.45) is 4.99 Å². The first kappa shape index (κ1) is 20.5. The van der Waals surface area contributed by atoms with Crippen LogP contribution < -0.4 is 15.5 Å². The molecule has 0 saturated heterocycles. The number of benzene rings is 1. The summed E-state index contributed by atoms with van der Waals surface area (Å²) in [4.78, 5) is 10.8. The number of rotatable bonds is 5. The van der Waals surface area contributed by atoms with Gasteiger partial charge in [-0.05, 0) is 29.8 Å². The molecule has 130 valence electrons. The van der Waals surface area contributed by atoms with Crippen LogP contribution in [0.1, 0.15) is 11.3 Å². The Morgan fingerprint density at radius 2 is 1.83 bits per heavy atom. The largest absolute Gasteiger partial charge is 0.363 e. The van der Waals surface area contributed by atoms with Crippen molar-refractivity contribution in [2.45, 2.75) is 13.1 Å². The minimum atomic E-state index is 0. The fourth-order valence-electron chi connectivity index (χ4n) is 2.04. The lowest BCUT2D eigenvalue weighted by atomic mass is 10.2. The van der Waals surface area contributed by atoms with E-state index in [0.29, 0.717) is 13.1 Å². The van der Waals surface area contributed by atoms with E-state index < -0.39 is 0 Å². The Labute approximate surface area is 165 Å². The van der Waals surface area contributed by atoms with E-state index in [1.54, 1.807) is 7.05 Å². The molecule has 0 amide bonds. The second-order valence-electron chi connectivity index (χ2n) is 5.29. The third kappa shape index (κ3) is 6.52. The number of nitrogens with zero attached hydrogens (tertiary/aromatic N) is 3. The zero-order valence-electron chi connectivity index (χ0n) is 14.1. The van der Waals surface area contributed by atoms with E-state index in [4.69, 9.17) is 11.6 Å². The number of pyridine rings is 1. The first-order chi connectivity index (χ1) is 11.1. The van der Waals surface area contributed by atoms with Crippen LogP contribution in [0.3, 0.4) is 0 Å². The molecule has 0 unspecified atom stereocenters. The van der Waals surface area contributed by atoms with Crippen LogP contribution in [-0.4, -0.2) is 32.1 Å². The highest BCUT2D eigenvalue weighted by Crippen LogP contribution is 2.10. The predicted octanol–water partition coefficient (Wildman–Crippen LogP) is 3.28. The lowest BCUT2D eigenvalue weighted by Gasteiger charge is -2.14. The van der Waals surface area contributed by atoms with Gasteiger partial charge in [-0.2, -0.15) is 0 Å². The predicted molar refractivity (Wildman–Crippen MR) is 112 cm³/mol. The second-order valence-corrected chi connectivity index (χ2v) is 5.73. The summed E-state index contributed by atoms with van der Waals surface area (Å²) in [6, 6.07) is 13.7. The van der Waals surface area contributed by atoms with E-state index in [9.17, 15) is 0 Å². The lowest BCUT2D eigenvalue weighted by Crippen LogP contribution is -2.36. The molecule has 0 aliphatic heterocycles. The summed E-state index contributed by atoms with van der Waals surface area (Å²) in [6.07, 6.45) is 0. The molecule has 1 aromatic carbocycles. The molecule has 2 N–H and O–H groups in total. The average Bonchev–Trinajstić information content (AvgIpc) is 2.55. The smallest absolute Gasteiger partial charge is 0.191 e. The number of nitrogens with one attached hydrogen (secondary N) is 2. The van der Waals surface area contributed by atoms with Gasteiger partial charge in [0.2, 0.25) is 0 Å². The fourth-order valence-corrected chi connectivity index (χ4v) is 2.25. The Morgan fingerprint density at radius 1 is 1.12 bits per heavy atom. The van der Waals surface area contributed by atoms with E-state index in [1.807, 2.05) is 61.5 Å². The Morgan fingerprint density at radius 3 is 2.50 bits per heavy atom. The van der Waals surface area contributed by atoms with E-state index in [2.05, 4.69) is 20.6 Å². The van der Waals surface area contributed by atoms with Gasteiger partial charge in [0.05, 0.1) is 12.2 Å². The summed E-state index contributed by atoms with van der Waals surface area (Å²) in [6.45, 7) is 1.27. The van der Waals surface area contributed by atoms with Crippen molar-refractivity contribution in [2.75, 3.05) is 26.0 Å². The van der Waals surface area contributed by atoms with Crippen LogP contribution in [0.5, 0.6) is 0 Å². The van der Waals surface area contributed by atoms with Crippen molar-refractivity contribution < 1.29 is 0 Å². The number of hydrogen-bond donors (Lipinski definition) is 2. The number of hydrogen-bond acceptors (Lipinski definition) is 3. The Kier molecular flexibility index (Phi) is 8.84. The highest BCUT2D eigenvalue weighted by Gasteiger charge is 2.02. The van der Waals surface area contributed by atoms with Crippen LogP contribution in [-0.2, 0) is 13.1 Å². The summed E-state index contributed by atoms with van der Waals surface area (Å²) in [5.74, 6) is 1.66. The quantitative estimate of drug-likeness (QED) is 0.409. The van der Waals surface area contributed by atoms with Crippen molar-refractivity contribution >= 4 is 47.4 Å². The van der Waals surface area contributed by atoms with Gasteiger partial charge in [0.1, 0.15) is 5.82 Å². The normalized spacial score (nSPS) is 10.8. The maximum atomic E-state index is 5.99. The van der Waals surface area contributed by atoms with Gasteiger partial charge in [-0.1, -0.05) is 29.8 Å². The van der Waals surface area contributed by atoms with E-state index in [0.717, 1.165) is 28.1 Å². The molecule has 5 nitrogen and oxygen atoms in total. The van der Waals surface area contributed by atoms with Gasteiger partial charge < -0.3 is 15.5 Å². The molecule has 0 atom stereocenters. The number of guanidine groups is 1. The molecule has 0 bridgehead atoms. The molecule has 0 spiro atoms. The standard InChI is InChI=1S/C17H22ClN5.HI/c1-19-17(20-11-13-6-4-7-14(18)10-13)21-12-15-8-5-9-16(22-15)23(2)3;/h4-10H,11-12H2,1-3H3,(H2,19,20,21);1H. The first-order valence-electron chi connectivity index (χ1n) is 7.40. The van der Waals surface area contributed by atoms with Gasteiger partial charge >= 0.3 is 0 Å². The Hall–Kier alpha value is -1.54. The van der Waals surface area contributed by atoms with E-state index >= 15 is 0 Å². The summed E-state index contributed by atoms with van der Waals surface area (Å²) in [7, 11) is 5.70. The second kappa shape index (κ2) is 10.4. The minimum Gasteiger partial charge on any atom is -0.363 e. The number of aliphatic imine (C=N–C) groups is 1. The van der Waals surface area contributed by atoms with Crippen molar-refractivity contribution in [3.8, 4) is 0 Å². The van der Waals surface area contributed by atoms with Gasteiger partial charge in [0, 0.05) is 32.7 Å². The van der Waals surface area contributed by atoms with Crippen LogP contribution >= 0.6 is 35.6 Å². The van der Waals surface area contributed by atoms with Crippen molar-refractivity contribution in [1.82, 2.24) is 15.6 Å². The monoisotopic (exact) mass is 459 g/mol. The molecule has 1 aromatic heterocycles. The number of halogens is 2. The topological polar surface area (TPSA) is 52.6 Å². The van der Waals surface area contributed by atoms with Gasteiger partial charge in [-0.3, -0.25) is 4.99 Å². The summed E-state index contributed by atoms with van der Waals surface area (Å²) >= 11 is 5.99. The Bertz CT molecular complexity index is 676. The highest BCUT2D eigenvalue weighted by atomic mass is 127. The van der Waals surface area contributed by atoms with E-state index in [-0.39, 0.29) is 24.0 Å². The molecule has 0 aliphatic carbocycles. The molecule has 7 heteroatoms. The van der Waals surface area contributed by atoms with Crippen LogP contribution in [0, 0.1) is 0 Å². The van der Waals surface area contributed by atoms with Crippen LogP contribution in [0.15, 0.2) is 47.5 Å². The van der Waals surface area contributed by atoms with Crippen molar-refractivity contribution in [3.63, 3.8) is 0 Å². The van der Waals surface area contributed by atoms with E-state index in [1.165, 1.54) is 0 Å². The third-order valence-electron chi connectivity index (χ3n) is 3.26. The molecule has 1 heterocycles. The molecule has 0 saturated carbocycles. The molecular formula is C17H23ClIN5. The SMILES string of the molecule is CN=C(NCc1cccc(Cl)c1)NCc1cccc(N(C)C)n1.I. The van der Waals surface area contributed by atoms with Gasteiger partial charge in [-0.25, -0.2) is 4.98 Å². The number of aromatic nitrogens is 1. The summed E-state index contributed by atoms with van der Waals surface area (Å²) in [5.41, 5.74) is 2.06. The number of anilines is 1. The molecule has 0 fully saturated rings. The fraction of sp³-hybridized carbons (Fsp3) is 0.294. The minimum absolute atomic E-state index is 0. The lowest BCUT2D eigenvalue weighted by molar-refractivity contribution is 0.793. The van der Waals surface area contributed by atoms with Gasteiger partial charge in [0.25, 0.3) is 0 Å². The summed E-state index contributed by atoms with van der Waals surface area (Å²) < 4.78 is 0. The molecule has 24 heavy (non-hydrogen) atoms. The molecule has 2 aromatic rings.